The molecule has 2 fully saturated rings. The van der Waals surface area contributed by atoms with Gasteiger partial charge in [-0.2, -0.15) is 0 Å². The van der Waals surface area contributed by atoms with Crippen molar-refractivity contribution < 1.29 is 38.8 Å². The van der Waals surface area contributed by atoms with E-state index in [1.807, 2.05) is 0 Å². The fraction of sp³-hybridized carbons (Fsp3) is 0.391. The van der Waals surface area contributed by atoms with Gasteiger partial charge in [0.1, 0.15) is 12.7 Å². The summed E-state index contributed by atoms with van der Waals surface area (Å²) in [5.74, 6) is -0.466. The molecule has 0 aromatic heterocycles. The molecule has 0 aliphatic carbocycles. The molecule has 2 aromatic rings. The van der Waals surface area contributed by atoms with E-state index in [0.717, 1.165) is 6.42 Å². The van der Waals surface area contributed by atoms with E-state index in [4.69, 9.17) is 24.1 Å². The SMILES string of the molecule is Cc1ccccc1C.O=C(O[C@@H]1CO[C@@H]2CCO[C@@H]21)c1ccc(CO[N+](=O)[O-])cc1.O=CO. The van der Waals surface area contributed by atoms with Crippen LogP contribution < -0.4 is 0 Å². The molecule has 2 aromatic carbocycles. The summed E-state index contributed by atoms with van der Waals surface area (Å²) in [6, 6.07) is 14.6. The molecule has 2 aliphatic heterocycles. The Balaban J connectivity index is 0.000000291. The summed E-state index contributed by atoms with van der Waals surface area (Å²) in [6.45, 7) is 4.80. The lowest BCUT2D eigenvalue weighted by Crippen LogP contribution is -2.32. The number of carbonyl (C=O) groups excluding carboxylic acids is 1. The number of hydrogen-bond donors (Lipinski definition) is 1. The maximum absolute atomic E-state index is 12.1. The van der Waals surface area contributed by atoms with E-state index in [-0.39, 0.29) is 25.3 Å². The van der Waals surface area contributed by atoms with Crippen LogP contribution in [0.4, 0.5) is 0 Å². The Kier molecular flexibility index (Phi) is 10.3. The van der Waals surface area contributed by atoms with E-state index in [9.17, 15) is 14.9 Å². The van der Waals surface area contributed by atoms with E-state index in [1.54, 1.807) is 24.3 Å². The van der Waals surface area contributed by atoms with Crippen LogP contribution in [0.5, 0.6) is 0 Å². The minimum atomic E-state index is -0.861. The van der Waals surface area contributed by atoms with E-state index >= 15 is 0 Å². The number of carbonyl (C=O) groups is 2. The molecule has 2 heterocycles. The first-order valence-corrected chi connectivity index (χ1v) is 10.3. The molecule has 4 rings (SSSR count). The smallest absolute Gasteiger partial charge is 0.338 e. The monoisotopic (exact) mass is 461 g/mol. The predicted octanol–water partition coefficient (Wildman–Crippen LogP) is 3.11. The van der Waals surface area contributed by atoms with Crippen molar-refractivity contribution >= 4 is 12.4 Å². The van der Waals surface area contributed by atoms with Gasteiger partial charge < -0.3 is 24.2 Å². The second-order valence-corrected chi connectivity index (χ2v) is 7.32. The molecular weight excluding hydrogens is 434 g/mol. The first kappa shape index (κ1) is 25.8. The van der Waals surface area contributed by atoms with Crippen LogP contribution in [0.15, 0.2) is 48.5 Å². The molecule has 0 radical (unpaired) electrons. The van der Waals surface area contributed by atoms with Crippen LogP contribution in [0, 0.1) is 24.0 Å². The highest BCUT2D eigenvalue weighted by Gasteiger charge is 2.44. The number of benzene rings is 2. The summed E-state index contributed by atoms with van der Waals surface area (Å²) in [4.78, 5) is 34.8. The zero-order valence-corrected chi connectivity index (χ0v) is 18.4. The molecule has 1 N–H and O–H groups in total. The van der Waals surface area contributed by atoms with E-state index in [1.165, 1.54) is 11.1 Å². The molecule has 2 aliphatic rings. The molecular formula is C23H27NO9. The summed E-state index contributed by atoms with van der Waals surface area (Å²) in [5.41, 5.74) is 3.70. The van der Waals surface area contributed by atoms with Crippen molar-refractivity contribution in [2.75, 3.05) is 13.2 Å². The third-order valence-corrected chi connectivity index (χ3v) is 5.13. The maximum Gasteiger partial charge on any atom is 0.338 e. The zero-order valence-electron chi connectivity index (χ0n) is 18.4. The highest BCUT2D eigenvalue weighted by Crippen LogP contribution is 2.28. The number of hydrogen-bond acceptors (Lipinski definition) is 8. The van der Waals surface area contributed by atoms with Gasteiger partial charge in [-0.05, 0) is 49.1 Å². The van der Waals surface area contributed by atoms with Gasteiger partial charge >= 0.3 is 5.97 Å². The highest BCUT2D eigenvalue weighted by molar-refractivity contribution is 5.89. The van der Waals surface area contributed by atoms with Gasteiger partial charge in [-0.25, -0.2) is 4.79 Å². The van der Waals surface area contributed by atoms with E-state index in [2.05, 4.69) is 43.0 Å². The van der Waals surface area contributed by atoms with Gasteiger partial charge in [0.15, 0.2) is 6.10 Å². The first-order chi connectivity index (χ1) is 15.8. The Morgan fingerprint density at radius 2 is 1.76 bits per heavy atom. The molecule has 33 heavy (non-hydrogen) atoms. The van der Waals surface area contributed by atoms with Gasteiger partial charge in [-0.15, -0.1) is 10.1 Å². The standard InChI is InChI=1S/C14H15NO7.C8H10.CH2O2/c16-14(22-12-8-20-11-5-6-19-13(11)12)10-3-1-9(2-4-10)7-21-15(17)18;1-7-5-3-4-6-8(7)2;2-1-3/h1-4,11-13H,5-8H2;3-6H,1-2H3;1H,(H,2,3)/t11-,12-,13+;;/m1../s1. The number of nitrogens with zero attached hydrogens (tertiary/aromatic N) is 1. The van der Waals surface area contributed by atoms with Crippen molar-refractivity contribution in [1.29, 1.82) is 0 Å². The third kappa shape index (κ3) is 8.17. The van der Waals surface area contributed by atoms with Crippen LogP contribution in [0.1, 0.15) is 33.5 Å². The van der Waals surface area contributed by atoms with Crippen molar-refractivity contribution in [1.82, 2.24) is 0 Å². The lowest BCUT2D eigenvalue weighted by atomic mass is 10.1. The molecule has 3 atom stereocenters. The number of ether oxygens (including phenoxy) is 3. The molecule has 178 valence electrons. The van der Waals surface area contributed by atoms with Crippen molar-refractivity contribution in [3.05, 3.63) is 80.9 Å². The number of aryl methyl sites for hydroxylation is 2. The summed E-state index contributed by atoms with van der Waals surface area (Å²) >= 11 is 0. The number of rotatable bonds is 5. The first-order valence-electron chi connectivity index (χ1n) is 10.3. The number of esters is 1. The molecule has 0 amide bonds. The van der Waals surface area contributed by atoms with Gasteiger partial charge in [-0.1, -0.05) is 36.4 Å². The minimum Gasteiger partial charge on any atom is -0.483 e. The minimum absolute atomic E-state index is 0.0134. The Morgan fingerprint density at radius 3 is 2.30 bits per heavy atom. The lowest BCUT2D eigenvalue weighted by molar-refractivity contribution is -0.763. The Hall–Kier alpha value is -3.50. The van der Waals surface area contributed by atoms with Gasteiger partial charge in [-0.3, -0.25) is 4.79 Å². The largest absolute Gasteiger partial charge is 0.483 e. The van der Waals surface area contributed by atoms with Gasteiger partial charge in [0.25, 0.3) is 11.6 Å². The molecule has 0 unspecified atom stereocenters. The summed E-state index contributed by atoms with van der Waals surface area (Å²) in [7, 11) is 0. The topological polar surface area (TPSA) is 134 Å². The summed E-state index contributed by atoms with van der Waals surface area (Å²) in [5, 5.41) is 16.1. The maximum atomic E-state index is 12.1. The van der Waals surface area contributed by atoms with Crippen LogP contribution in [-0.4, -0.2) is 54.2 Å². The molecule has 0 bridgehead atoms. The van der Waals surface area contributed by atoms with Crippen LogP contribution in [-0.2, 0) is 30.4 Å². The number of fused-ring (bicyclic) bond motifs is 1. The molecule has 2 saturated heterocycles. The number of carboxylic acid groups (broad SMARTS) is 1. The molecule has 10 nitrogen and oxygen atoms in total. The summed E-state index contributed by atoms with van der Waals surface area (Å²) in [6.07, 6.45) is 0.262. The van der Waals surface area contributed by atoms with E-state index < -0.39 is 17.2 Å². The van der Waals surface area contributed by atoms with Crippen molar-refractivity contribution in [3.8, 4) is 0 Å². The third-order valence-electron chi connectivity index (χ3n) is 5.13. The average Bonchev–Trinajstić information content (AvgIpc) is 3.41. The molecule has 10 heteroatoms. The van der Waals surface area contributed by atoms with Gasteiger partial charge in [0.05, 0.1) is 18.3 Å². The summed E-state index contributed by atoms with van der Waals surface area (Å²) < 4.78 is 16.5. The van der Waals surface area contributed by atoms with E-state index in [0.29, 0.717) is 24.3 Å². The van der Waals surface area contributed by atoms with Crippen LogP contribution in [0.3, 0.4) is 0 Å². The second-order valence-electron chi connectivity index (χ2n) is 7.32. The highest BCUT2D eigenvalue weighted by atomic mass is 16.9. The Bertz CT molecular complexity index is 895. The van der Waals surface area contributed by atoms with Crippen molar-refractivity contribution in [2.45, 2.75) is 45.2 Å². The lowest BCUT2D eigenvalue weighted by Gasteiger charge is -2.16. The Labute approximate surface area is 191 Å². The van der Waals surface area contributed by atoms with Gasteiger partial charge in [0, 0.05) is 6.61 Å². The molecule has 0 saturated carbocycles. The van der Waals surface area contributed by atoms with Crippen LogP contribution in [0.25, 0.3) is 0 Å². The fourth-order valence-corrected chi connectivity index (χ4v) is 3.26. The fourth-order valence-electron chi connectivity index (χ4n) is 3.26. The van der Waals surface area contributed by atoms with Crippen molar-refractivity contribution in [2.24, 2.45) is 0 Å². The zero-order chi connectivity index (χ0) is 24.2. The quantitative estimate of drug-likeness (QED) is 0.308. The van der Waals surface area contributed by atoms with Gasteiger partial charge in [0.2, 0.25) is 0 Å². The predicted molar refractivity (Wildman–Crippen MR) is 116 cm³/mol. The average molecular weight is 461 g/mol. The Morgan fingerprint density at radius 1 is 1.15 bits per heavy atom. The second kappa shape index (κ2) is 13.1. The van der Waals surface area contributed by atoms with Crippen molar-refractivity contribution in [3.63, 3.8) is 0 Å². The normalized spacial score (nSPS) is 20.2. The molecule has 0 spiro atoms. The van der Waals surface area contributed by atoms with Crippen LogP contribution in [0.2, 0.25) is 0 Å². The van der Waals surface area contributed by atoms with Crippen LogP contribution >= 0.6 is 0 Å².